The van der Waals surface area contributed by atoms with Crippen LogP contribution in [-0.2, 0) is 6.54 Å². The van der Waals surface area contributed by atoms with Gasteiger partial charge in [0, 0.05) is 49.9 Å². The molecule has 2 aromatic heterocycles. The van der Waals surface area contributed by atoms with Gasteiger partial charge in [0.25, 0.3) is 5.56 Å². The molecule has 0 unspecified atom stereocenters. The van der Waals surface area contributed by atoms with Gasteiger partial charge in [-0.15, -0.1) is 36.2 Å². The van der Waals surface area contributed by atoms with Crippen LogP contribution in [0.15, 0.2) is 17.1 Å². The lowest BCUT2D eigenvalue weighted by molar-refractivity contribution is 0.231. The van der Waals surface area contributed by atoms with E-state index in [9.17, 15) is 4.79 Å². The minimum atomic E-state index is 0. The van der Waals surface area contributed by atoms with Crippen molar-refractivity contribution in [3.8, 4) is 0 Å². The molecule has 0 atom stereocenters. The first-order valence-electron chi connectivity index (χ1n) is 6.14. The lowest BCUT2D eigenvalue weighted by Gasteiger charge is -2.26. The molecule has 3 rings (SSSR count). The van der Waals surface area contributed by atoms with Gasteiger partial charge in [-0.25, -0.2) is 4.98 Å². The fourth-order valence-corrected chi connectivity index (χ4v) is 3.09. The molecule has 0 bridgehead atoms. The van der Waals surface area contributed by atoms with E-state index in [0.29, 0.717) is 0 Å². The summed E-state index contributed by atoms with van der Waals surface area (Å²) in [7, 11) is 0. The van der Waals surface area contributed by atoms with Crippen molar-refractivity contribution in [1.29, 1.82) is 0 Å². The number of rotatable bonds is 2. The van der Waals surface area contributed by atoms with Crippen LogP contribution in [0.25, 0.3) is 4.96 Å². The van der Waals surface area contributed by atoms with Crippen LogP contribution in [0.3, 0.4) is 0 Å². The highest BCUT2D eigenvalue weighted by Gasteiger charge is 2.12. The molecule has 1 fully saturated rings. The van der Waals surface area contributed by atoms with Gasteiger partial charge in [-0.3, -0.25) is 14.1 Å². The normalized spacial score (nSPS) is 15.7. The minimum Gasteiger partial charge on any atom is -0.314 e. The third kappa shape index (κ3) is 3.71. The topological polar surface area (TPSA) is 49.6 Å². The zero-order valence-corrected chi connectivity index (χ0v) is 13.6. The molecule has 112 valence electrons. The number of halogens is 2. The monoisotopic (exact) mass is 336 g/mol. The van der Waals surface area contributed by atoms with E-state index < -0.39 is 0 Å². The Balaban J connectivity index is 0.000001000. The number of thiazole rings is 1. The van der Waals surface area contributed by atoms with E-state index in [2.05, 4.69) is 15.2 Å². The summed E-state index contributed by atoms with van der Waals surface area (Å²) in [5.74, 6) is 0. The Kier molecular flexibility index (Phi) is 6.42. The minimum absolute atomic E-state index is 0. The van der Waals surface area contributed by atoms with Crippen molar-refractivity contribution >= 4 is 41.1 Å². The SMILES string of the molecule is Cc1cn2c(=O)cc(CN3CCNCC3)nc2s1.Cl.Cl. The standard InChI is InChI=1S/C12H16N4OS.2ClH/c1-9-7-16-11(17)6-10(14-12(16)18-9)8-15-4-2-13-3-5-15;;/h6-7,13H,2-5,8H2,1H3;2*1H. The van der Waals surface area contributed by atoms with Crippen molar-refractivity contribution in [2.24, 2.45) is 0 Å². The van der Waals surface area contributed by atoms with Crippen LogP contribution in [0.1, 0.15) is 10.6 Å². The van der Waals surface area contributed by atoms with Crippen LogP contribution in [0, 0.1) is 6.92 Å². The van der Waals surface area contributed by atoms with Gasteiger partial charge in [-0.2, -0.15) is 0 Å². The first-order valence-corrected chi connectivity index (χ1v) is 6.96. The Hall–Kier alpha value is -0.660. The average Bonchev–Trinajstić information content (AvgIpc) is 2.72. The Labute approximate surface area is 133 Å². The summed E-state index contributed by atoms with van der Waals surface area (Å²) in [6, 6.07) is 1.65. The van der Waals surface area contributed by atoms with Crippen LogP contribution in [0.5, 0.6) is 0 Å². The molecule has 0 aromatic carbocycles. The first-order chi connectivity index (χ1) is 8.72. The van der Waals surface area contributed by atoms with Crippen molar-refractivity contribution < 1.29 is 0 Å². The largest absolute Gasteiger partial charge is 0.314 e. The second-order valence-corrected chi connectivity index (χ2v) is 5.82. The fraction of sp³-hybridized carbons (Fsp3) is 0.500. The van der Waals surface area contributed by atoms with Crippen molar-refractivity contribution in [2.45, 2.75) is 13.5 Å². The summed E-state index contributed by atoms with van der Waals surface area (Å²) in [4.78, 5) is 20.8. The molecule has 20 heavy (non-hydrogen) atoms. The molecule has 0 saturated carbocycles. The zero-order valence-electron chi connectivity index (χ0n) is 11.2. The van der Waals surface area contributed by atoms with Gasteiger partial charge >= 0.3 is 0 Å². The zero-order chi connectivity index (χ0) is 12.5. The first kappa shape index (κ1) is 17.4. The predicted molar refractivity (Wildman–Crippen MR) is 86.7 cm³/mol. The molecule has 3 heterocycles. The van der Waals surface area contributed by atoms with Crippen LogP contribution in [0.4, 0.5) is 0 Å². The number of hydrogen-bond acceptors (Lipinski definition) is 5. The Morgan fingerprint density at radius 1 is 1.35 bits per heavy atom. The molecular formula is C12H18Cl2N4OS. The van der Waals surface area contributed by atoms with E-state index in [4.69, 9.17) is 0 Å². The summed E-state index contributed by atoms with van der Waals surface area (Å²) < 4.78 is 1.63. The average molecular weight is 337 g/mol. The van der Waals surface area contributed by atoms with Crippen LogP contribution < -0.4 is 10.9 Å². The highest BCUT2D eigenvalue weighted by atomic mass is 35.5. The summed E-state index contributed by atoms with van der Waals surface area (Å²) >= 11 is 1.56. The third-order valence-corrected chi connectivity index (χ3v) is 4.03. The Morgan fingerprint density at radius 3 is 2.75 bits per heavy atom. The number of aryl methyl sites for hydroxylation is 1. The van der Waals surface area contributed by atoms with Gasteiger partial charge in [-0.05, 0) is 6.92 Å². The van der Waals surface area contributed by atoms with E-state index in [0.717, 1.165) is 48.3 Å². The predicted octanol–water partition coefficient (Wildman–Crippen LogP) is 1.31. The van der Waals surface area contributed by atoms with Crippen LogP contribution in [-0.4, -0.2) is 40.5 Å². The molecule has 8 heteroatoms. The smallest absolute Gasteiger partial charge is 0.258 e. The molecule has 0 radical (unpaired) electrons. The summed E-state index contributed by atoms with van der Waals surface area (Å²) in [6.07, 6.45) is 1.85. The van der Waals surface area contributed by atoms with Gasteiger partial charge in [0.15, 0.2) is 4.96 Å². The van der Waals surface area contributed by atoms with Crippen LogP contribution in [0.2, 0.25) is 0 Å². The molecule has 1 N–H and O–H groups in total. The third-order valence-electron chi connectivity index (χ3n) is 3.13. The second-order valence-electron chi connectivity index (χ2n) is 4.61. The lowest BCUT2D eigenvalue weighted by atomic mass is 10.3. The van der Waals surface area contributed by atoms with Gasteiger partial charge in [0.05, 0.1) is 5.69 Å². The molecule has 2 aromatic rings. The highest BCUT2D eigenvalue weighted by molar-refractivity contribution is 7.16. The van der Waals surface area contributed by atoms with Crippen molar-refractivity contribution in [3.05, 3.63) is 33.2 Å². The molecule has 1 aliphatic rings. The number of nitrogens with zero attached hydrogens (tertiary/aromatic N) is 3. The number of nitrogens with one attached hydrogen (secondary N) is 1. The van der Waals surface area contributed by atoms with E-state index in [1.54, 1.807) is 21.8 Å². The summed E-state index contributed by atoms with van der Waals surface area (Å²) in [6.45, 7) is 6.83. The molecule has 5 nitrogen and oxygen atoms in total. The molecule has 0 spiro atoms. The molecular weight excluding hydrogens is 319 g/mol. The van der Waals surface area contributed by atoms with Gasteiger partial charge in [-0.1, -0.05) is 0 Å². The van der Waals surface area contributed by atoms with E-state index in [1.165, 1.54) is 0 Å². The van der Waals surface area contributed by atoms with E-state index in [-0.39, 0.29) is 30.4 Å². The molecule has 0 aliphatic carbocycles. The van der Waals surface area contributed by atoms with Gasteiger partial charge < -0.3 is 5.32 Å². The quantitative estimate of drug-likeness (QED) is 0.898. The Bertz CT molecular complexity index is 621. The number of fused-ring (bicyclic) bond motifs is 1. The van der Waals surface area contributed by atoms with Crippen molar-refractivity contribution in [1.82, 2.24) is 19.6 Å². The maximum absolute atomic E-state index is 12.0. The van der Waals surface area contributed by atoms with E-state index in [1.807, 2.05) is 13.1 Å². The fourth-order valence-electron chi connectivity index (χ4n) is 2.24. The molecule has 1 aliphatic heterocycles. The maximum Gasteiger partial charge on any atom is 0.258 e. The van der Waals surface area contributed by atoms with Crippen molar-refractivity contribution in [2.75, 3.05) is 26.2 Å². The van der Waals surface area contributed by atoms with Gasteiger partial charge in [0.2, 0.25) is 0 Å². The number of hydrogen-bond donors (Lipinski definition) is 1. The summed E-state index contributed by atoms with van der Waals surface area (Å²) in [5.41, 5.74) is 0.901. The molecule has 0 amide bonds. The second kappa shape index (κ2) is 7.38. The molecule has 1 saturated heterocycles. The number of aromatic nitrogens is 2. The summed E-state index contributed by atoms with van der Waals surface area (Å²) in [5, 5.41) is 3.32. The maximum atomic E-state index is 12.0. The van der Waals surface area contributed by atoms with Gasteiger partial charge in [0.1, 0.15) is 0 Å². The lowest BCUT2D eigenvalue weighted by Crippen LogP contribution is -2.43. The Morgan fingerprint density at radius 2 is 2.05 bits per heavy atom. The number of piperazine rings is 1. The highest BCUT2D eigenvalue weighted by Crippen LogP contribution is 2.13. The van der Waals surface area contributed by atoms with Crippen LogP contribution >= 0.6 is 36.2 Å². The van der Waals surface area contributed by atoms with E-state index >= 15 is 0 Å². The van der Waals surface area contributed by atoms with Crippen molar-refractivity contribution in [3.63, 3.8) is 0 Å².